The molecule has 148 valence electrons. The molecule has 0 atom stereocenters. The molecule has 0 spiro atoms. The molecule has 0 N–H and O–H groups in total. The van der Waals surface area contributed by atoms with Crippen LogP contribution in [0.2, 0.25) is 0 Å². The highest BCUT2D eigenvalue weighted by Gasteiger charge is 2.37. The molecule has 0 bridgehead atoms. The Morgan fingerprint density at radius 1 is 0.724 bits per heavy atom. The molecule has 0 radical (unpaired) electrons. The summed E-state index contributed by atoms with van der Waals surface area (Å²) in [5, 5.41) is 5.38. The maximum absolute atomic E-state index is 13.1. The number of nitrogens with zero attached hydrogens (tertiary/aromatic N) is 2. The first-order valence-electron chi connectivity index (χ1n) is 8.24. The Morgan fingerprint density at radius 2 is 1.34 bits per heavy atom. The highest BCUT2D eigenvalue weighted by atomic mass is 19.4. The van der Waals surface area contributed by atoms with Crippen molar-refractivity contribution in [2.75, 3.05) is 0 Å². The quantitative estimate of drug-likeness (QED) is 0.351. The van der Waals surface area contributed by atoms with Gasteiger partial charge in [-0.1, -0.05) is 47.6 Å². The molecular formula is C20H10F6N2O. The Hall–Kier alpha value is -3.36. The highest BCUT2D eigenvalue weighted by Crippen LogP contribution is 2.38. The number of fused-ring (bicyclic) bond motifs is 1. The van der Waals surface area contributed by atoms with E-state index in [0.717, 1.165) is 10.8 Å². The number of hydrogen-bond acceptors (Lipinski definition) is 3. The van der Waals surface area contributed by atoms with Gasteiger partial charge < -0.3 is 4.52 Å². The van der Waals surface area contributed by atoms with Crippen LogP contribution in [0.5, 0.6) is 0 Å². The third-order valence-corrected chi connectivity index (χ3v) is 4.29. The van der Waals surface area contributed by atoms with Crippen molar-refractivity contribution in [2.24, 2.45) is 0 Å². The molecule has 0 saturated heterocycles. The van der Waals surface area contributed by atoms with Crippen LogP contribution in [-0.4, -0.2) is 10.1 Å². The van der Waals surface area contributed by atoms with Gasteiger partial charge in [-0.25, -0.2) is 0 Å². The first kappa shape index (κ1) is 19.0. The predicted molar refractivity (Wildman–Crippen MR) is 92.7 cm³/mol. The minimum absolute atomic E-state index is 0.0471. The van der Waals surface area contributed by atoms with Crippen LogP contribution in [-0.2, 0) is 12.4 Å². The van der Waals surface area contributed by atoms with E-state index in [4.69, 9.17) is 4.52 Å². The van der Waals surface area contributed by atoms with Gasteiger partial charge in [0, 0.05) is 11.1 Å². The van der Waals surface area contributed by atoms with E-state index in [1.807, 2.05) is 18.2 Å². The van der Waals surface area contributed by atoms with Gasteiger partial charge in [-0.15, -0.1) is 0 Å². The van der Waals surface area contributed by atoms with Gasteiger partial charge in [-0.2, -0.15) is 31.3 Å². The lowest BCUT2D eigenvalue weighted by Gasteiger charge is -2.12. The Balaban J connectivity index is 1.84. The van der Waals surface area contributed by atoms with Gasteiger partial charge in [-0.05, 0) is 29.0 Å². The van der Waals surface area contributed by atoms with Crippen molar-refractivity contribution in [3.05, 3.63) is 71.8 Å². The molecule has 29 heavy (non-hydrogen) atoms. The summed E-state index contributed by atoms with van der Waals surface area (Å²) in [4.78, 5) is 4.03. The van der Waals surface area contributed by atoms with Crippen molar-refractivity contribution in [2.45, 2.75) is 12.4 Å². The minimum Gasteiger partial charge on any atom is -0.334 e. The van der Waals surface area contributed by atoms with Crippen molar-refractivity contribution in [3.8, 4) is 22.8 Å². The van der Waals surface area contributed by atoms with Crippen LogP contribution in [0, 0.1) is 0 Å². The van der Waals surface area contributed by atoms with Crippen molar-refractivity contribution in [1.82, 2.24) is 10.1 Å². The van der Waals surface area contributed by atoms with E-state index in [0.29, 0.717) is 17.7 Å². The number of benzene rings is 3. The summed E-state index contributed by atoms with van der Waals surface area (Å²) in [7, 11) is 0. The Morgan fingerprint density at radius 3 is 2.00 bits per heavy atom. The standard InChI is InChI=1S/C20H10F6N2O/c21-19(22,23)13-8-12(9-14(10-13)20(24,25)26)18-27-17(28-29-18)16-7-3-5-11-4-1-2-6-15(11)16/h1-10H. The SMILES string of the molecule is FC(F)(F)c1cc(-c2nc(-c3cccc4ccccc34)no2)cc(C(F)(F)F)c1. The van der Waals surface area contributed by atoms with Gasteiger partial charge in [0.2, 0.25) is 5.82 Å². The van der Waals surface area contributed by atoms with Crippen LogP contribution < -0.4 is 0 Å². The first-order valence-corrected chi connectivity index (χ1v) is 8.24. The van der Waals surface area contributed by atoms with Gasteiger partial charge in [0.05, 0.1) is 11.1 Å². The van der Waals surface area contributed by atoms with E-state index in [-0.39, 0.29) is 11.9 Å². The second kappa shape index (κ2) is 6.61. The monoisotopic (exact) mass is 408 g/mol. The molecule has 0 aliphatic rings. The number of hydrogen-bond donors (Lipinski definition) is 0. The molecule has 0 aliphatic carbocycles. The van der Waals surface area contributed by atoms with Crippen LogP contribution >= 0.6 is 0 Å². The molecule has 0 aliphatic heterocycles. The average Bonchev–Trinajstić information content (AvgIpc) is 3.16. The maximum atomic E-state index is 13.1. The van der Waals surface area contributed by atoms with Gasteiger partial charge in [0.15, 0.2) is 0 Å². The van der Waals surface area contributed by atoms with Crippen molar-refractivity contribution in [3.63, 3.8) is 0 Å². The second-order valence-corrected chi connectivity index (χ2v) is 6.24. The lowest BCUT2D eigenvalue weighted by atomic mass is 10.0. The summed E-state index contributed by atoms with van der Waals surface area (Å²) in [6.45, 7) is 0. The molecule has 9 heteroatoms. The fraction of sp³-hybridized carbons (Fsp3) is 0.100. The van der Waals surface area contributed by atoms with Crippen molar-refractivity contribution < 1.29 is 30.9 Å². The van der Waals surface area contributed by atoms with E-state index in [1.54, 1.807) is 24.3 Å². The Bertz CT molecular complexity index is 1160. The number of rotatable bonds is 2. The van der Waals surface area contributed by atoms with Crippen molar-refractivity contribution in [1.29, 1.82) is 0 Å². The van der Waals surface area contributed by atoms with Crippen molar-refractivity contribution >= 4 is 10.8 Å². The minimum atomic E-state index is -4.96. The summed E-state index contributed by atoms with van der Waals surface area (Å²) < 4.78 is 83.4. The van der Waals surface area contributed by atoms with Gasteiger partial charge in [-0.3, -0.25) is 0 Å². The molecular weight excluding hydrogens is 398 g/mol. The fourth-order valence-electron chi connectivity index (χ4n) is 2.95. The zero-order chi connectivity index (χ0) is 20.8. The number of aromatic nitrogens is 2. The van der Waals surface area contributed by atoms with E-state index in [2.05, 4.69) is 10.1 Å². The summed E-state index contributed by atoms with van der Waals surface area (Å²) >= 11 is 0. The van der Waals surface area contributed by atoms with Crippen LogP contribution in [0.4, 0.5) is 26.3 Å². The number of alkyl halides is 6. The molecule has 0 fully saturated rings. The van der Waals surface area contributed by atoms with E-state index >= 15 is 0 Å². The zero-order valence-corrected chi connectivity index (χ0v) is 14.3. The lowest BCUT2D eigenvalue weighted by molar-refractivity contribution is -0.143. The molecule has 1 heterocycles. The summed E-state index contributed by atoms with van der Waals surface area (Å²) in [6, 6.07) is 13.7. The van der Waals surface area contributed by atoms with Gasteiger partial charge in [0.25, 0.3) is 5.89 Å². The lowest BCUT2D eigenvalue weighted by Crippen LogP contribution is -2.11. The van der Waals surface area contributed by atoms with Crippen LogP contribution in [0.15, 0.2) is 65.2 Å². The number of halogens is 6. The molecule has 4 rings (SSSR count). The predicted octanol–water partition coefficient (Wildman–Crippen LogP) is 6.59. The smallest absolute Gasteiger partial charge is 0.334 e. The van der Waals surface area contributed by atoms with E-state index in [9.17, 15) is 26.3 Å². The molecule has 3 aromatic carbocycles. The molecule has 3 nitrogen and oxygen atoms in total. The largest absolute Gasteiger partial charge is 0.416 e. The van der Waals surface area contributed by atoms with Crippen LogP contribution in [0.1, 0.15) is 11.1 Å². The van der Waals surface area contributed by atoms with E-state index < -0.39 is 34.9 Å². The molecule has 0 amide bonds. The topological polar surface area (TPSA) is 38.9 Å². The van der Waals surface area contributed by atoms with Gasteiger partial charge >= 0.3 is 12.4 Å². The third kappa shape index (κ3) is 3.67. The molecule has 1 aromatic heterocycles. The molecule has 4 aromatic rings. The average molecular weight is 408 g/mol. The zero-order valence-electron chi connectivity index (χ0n) is 14.3. The van der Waals surface area contributed by atoms with Gasteiger partial charge in [0.1, 0.15) is 0 Å². The summed E-state index contributed by atoms with van der Waals surface area (Å²) in [5.41, 5.74) is -2.83. The normalized spacial score (nSPS) is 12.5. The summed E-state index contributed by atoms with van der Waals surface area (Å²) in [6.07, 6.45) is -9.93. The Kier molecular flexibility index (Phi) is 4.33. The fourth-order valence-corrected chi connectivity index (χ4v) is 2.95. The Labute approximate surface area is 159 Å². The van der Waals surface area contributed by atoms with Crippen LogP contribution in [0.3, 0.4) is 0 Å². The second-order valence-electron chi connectivity index (χ2n) is 6.24. The van der Waals surface area contributed by atoms with E-state index in [1.165, 1.54) is 0 Å². The molecule has 0 unspecified atom stereocenters. The first-order chi connectivity index (χ1) is 13.6. The summed E-state index contributed by atoms with van der Waals surface area (Å²) in [5.74, 6) is -0.382. The maximum Gasteiger partial charge on any atom is 0.416 e. The molecule has 0 saturated carbocycles. The third-order valence-electron chi connectivity index (χ3n) is 4.29. The highest BCUT2D eigenvalue weighted by molar-refractivity contribution is 5.95. The van der Waals surface area contributed by atoms with Crippen LogP contribution in [0.25, 0.3) is 33.6 Å².